The van der Waals surface area contributed by atoms with E-state index < -0.39 is 41.6 Å². The van der Waals surface area contributed by atoms with Gasteiger partial charge in [0.1, 0.15) is 35.8 Å². The summed E-state index contributed by atoms with van der Waals surface area (Å²) in [4.78, 5) is 30.2. The van der Waals surface area contributed by atoms with Crippen molar-refractivity contribution >= 4 is 11.7 Å². The summed E-state index contributed by atoms with van der Waals surface area (Å²) in [6.07, 6.45) is -3.19. The van der Waals surface area contributed by atoms with Crippen molar-refractivity contribution in [2.45, 2.75) is 43.3 Å². The van der Waals surface area contributed by atoms with Gasteiger partial charge in [0.05, 0.1) is 25.7 Å². The van der Waals surface area contributed by atoms with Gasteiger partial charge in [0.15, 0.2) is 0 Å². The third-order valence-corrected chi connectivity index (χ3v) is 8.90. The van der Waals surface area contributed by atoms with E-state index in [1.165, 1.54) is 10.8 Å². The van der Waals surface area contributed by atoms with Crippen LogP contribution in [0.1, 0.15) is 45.3 Å². The number of para-hydroxylation sites is 2. The van der Waals surface area contributed by atoms with Crippen molar-refractivity contribution in [3.63, 3.8) is 0 Å². The first-order valence-corrected chi connectivity index (χ1v) is 15.6. The smallest absolute Gasteiger partial charge is 0.351 e. The van der Waals surface area contributed by atoms with Crippen molar-refractivity contribution in [1.82, 2.24) is 9.55 Å². The Hall–Kier alpha value is -5.29. The number of nitrogens with one attached hydrogen (secondary N) is 1. The van der Waals surface area contributed by atoms with Crippen LogP contribution < -0.4 is 20.5 Å². The summed E-state index contributed by atoms with van der Waals surface area (Å²) in [5, 5.41) is 27.0. The largest absolute Gasteiger partial charge is 0.496 e. The molecule has 1 unspecified atom stereocenters. The molecule has 48 heavy (non-hydrogen) atoms. The molecule has 1 aromatic heterocycles. The summed E-state index contributed by atoms with van der Waals surface area (Å²) in [7, 11) is 3.13. The number of aryl methyl sites for hydroxylation is 1. The Kier molecular flexibility index (Phi) is 9.40. The van der Waals surface area contributed by atoms with Gasteiger partial charge in [0, 0.05) is 34.9 Å². The van der Waals surface area contributed by atoms with E-state index in [9.17, 15) is 19.8 Å². The average molecular weight is 648 g/mol. The molecule has 6 rings (SSSR count). The number of hydrogen-bond donors (Lipinski definition) is 3. The lowest BCUT2D eigenvalue weighted by Gasteiger charge is -2.43. The van der Waals surface area contributed by atoms with Gasteiger partial charge in [-0.05, 0) is 36.8 Å². The van der Waals surface area contributed by atoms with Crippen LogP contribution in [0.5, 0.6) is 11.5 Å². The van der Waals surface area contributed by atoms with Crippen LogP contribution in [0.25, 0.3) is 0 Å². The summed E-state index contributed by atoms with van der Waals surface area (Å²) in [5.41, 5.74) is 0.855. The first kappa shape index (κ1) is 32.6. The van der Waals surface area contributed by atoms with Gasteiger partial charge in [0.25, 0.3) is 5.91 Å². The molecule has 1 aliphatic rings. The van der Waals surface area contributed by atoms with Crippen molar-refractivity contribution < 1.29 is 29.2 Å². The molecule has 10 nitrogen and oxygen atoms in total. The number of aliphatic hydroxyl groups is 2. The number of rotatable bonds is 10. The molecule has 0 bridgehead atoms. The molecule has 10 heteroatoms. The maximum absolute atomic E-state index is 13.4. The second kappa shape index (κ2) is 13.8. The third kappa shape index (κ3) is 5.85. The van der Waals surface area contributed by atoms with Gasteiger partial charge in [0.2, 0.25) is 0 Å². The lowest BCUT2D eigenvalue weighted by atomic mass is 9.63. The third-order valence-electron chi connectivity index (χ3n) is 8.90. The maximum Gasteiger partial charge on any atom is 0.351 e. The fraction of sp³-hybridized carbons (Fsp3) is 0.237. The highest BCUT2D eigenvalue weighted by atomic mass is 16.5. The Bertz CT molecular complexity index is 1900. The number of aromatic nitrogens is 2. The van der Waals surface area contributed by atoms with Crippen molar-refractivity contribution in [3.8, 4) is 11.5 Å². The zero-order valence-corrected chi connectivity index (χ0v) is 26.8. The van der Waals surface area contributed by atoms with Gasteiger partial charge in [-0.15, -0.1) is 0 Å². The van der Waals surface area contributed by atoms with Crippen molar-refractivity contribution in [2.75, 3.05) is 19.5 Å². The number of anilines is 1. The van der Waals surface area contributed by atoms with E-state index in [0.717, 1.165) is 0 Å². The summed E-state index contributed by atoms with van der Waals surface area (Å²) >= 11 is 0. The van der Waals surface area contributed by atoms with Crippen LogP contribution >= 0.6 is 0 Å². The number of ether oxygens (including phenoxy) is 3. The first-order chi connectivity index (χ1) is 23.3. The predicted octanol–water partition coefficient (Wildman–Crippen LogP) is 4.87. The van der Waals surface area contributed by atoms with Crippen LogP contribution in [0.4, 0.5) is 5.82 Å². The van der Waals surface area contributed by atoms with Crippen LogP contribution in [0.2, 0.25) is 0 Å². The number of carbonyl (C=O) groups is 1. The fourth-order valence-electron chi connectivity index (χ4n) is 6.63. The molecule has 1 fully saturated rings. The van der Waals surface area contributed by atoms with Crippen LogP contribution in [0.3, 0.4) is 0 Å². The highest BCUT2D eigenvalue weighted by molar-refractivity contribution is 6.04. The molecule has 1 aliphatic heterocycles. The number of aliphatic hydroxyl groups excluding tert-OH is 2. The van der Waals surface area contributed by atoms with Crippen LogP contribution in [-0.4, -0.2) is 58.2 Å². The Morgan fingerprint density at radius 3 is 2.02 bits per heavy atom. The van der Waals surface area contributed by atoms with E-state index in [1.54, 1.807) is 51.5 Å². The molecule has 3 N–H and O–H groups in total. The number of amides is 1. The Morgan fingerprint density at radius 1 is 0.896 bits per heavy atom. The zero-order valence-electron chi connectivity index (χ0n) is 26.8. The monoisotopic (exact) mass is 647 g/mol. The highest BCUT2D eigenvalue weighted by Crippen LogP contribution is 2.51. The normalized spacial score (nSPS) is 18.2. The van der Waals surface area contributed by atoms with Crippen molar-refractivity contribution in [2.24, 2.45) is 0 Å². The minimum absolute atomic E-state index is 0.00118. The molecule has 2 heterocycles. The molecule has 1 saturated heterocycles. The molecule has 0 spiro atoms. The van der Waals surface area contributed by atoms with E-state index in [1.807, 2.05) is 78.9 Å². The molecular weight excluding hydrogens is 610 g/mol. The van der Waals surface area contributed by atoms with E-state index in [0.29, 0.717) is 39.3 Å². The predicted molar refractivity (Wildman–Crippen MR) is 180 cm³/mol. The summed E-state index contributed by atoms with van der Waals surface area (Å²) < 4.78 is 19.4. The van der Waals surface area contributed by atoms with Crippen LogP contribution in [0.15, 0.2) is 120 Å². The van der Waals surface area contributed by atoms with Gasteiger partial charge in [-0.1, -0.05) is 84.9 Å². The minimum atomic E-state index is -1.42. The highest BCUT2D eigenvalue weighted by Gasteiger charge is 2.54. The molecule has 5 aromatic rings. The SMILES string of the molecule is COc1ccccc1C(c1ccccc1)(c1ccccc1OC)C(O)[C@H]1O[C@@H](n2cc(C)c(NC(=O)c3ccccc3)nc2=O)C[C@@H]1O. The molecule has 0 radical (unpaired) electrons. The molecule has 1 amide bonds. The first-order valence-electron chi connectivity index (χ1n) is 15.6. The molecule has 0 saturated carbocycles. The van der Waals surface area contributed by atoms with Gasteiger partial charge in [-0.2, -0.15) is 4.98 Å². The Labute approximate surface area is 278 Å². The topological polar surface area (TPSA) is 132 Å². The van der Waals surface area contributed by atoms with Crippen LogP contribution in [-0.2, 0) is 10.2 Å². The number of benzene rings is 4. The summed E-state index contributed by atoms with van der Waals surface area (Å²) in [6.45, 7) is 1.71. The number of hydrogen-bond acceptors (Lipinski definition) is 8. The summed E-state index contributed by atoms with van der Waals surface area (Å²) in [6, 6.07) is 32.9. The van der Waals surface area contributed by atoms with Gasteiger partial charge < -0.3 is 29.7 Å². The average Bonchev–Trinajstić information content (AvgIpc) is 3.52. The minimum Gasteiger partial charge on any atom is -0.496 e. The fourth-order valence-corrected chi connectivity index (χ4v) is 6.63. The van der Waals surface area contributed by atoms with Gasteiger partial charge >= 0.3 is 5.69 Å². The molecular formula is C38H37N3O7. The standard InChI is InChI=1S/C38H37N3O7/c1-24-23-41(37(45)40-35(24)39-36(44)25-14-6-4-7-15-25)32-22-29(42)33(48-32)34(43)38(26-16-8-5-9-17-26,27-18-10-12-20-30(27)46-2)28-19-11-13-21-31(28)47-3/h4-21,23,29,32-34,42-43H,22H2,1-3H3,(H,39,40,44,45)/t29-,32+,33-,34?/m0/s1. The molecule has 4 aromatic carbocycles. The van der Waals surface area contributed by atoms with Gasteiger partial charge in [-0.25, -0.2) is 4.79 Å². The van der Waals surface area contributed by atoms with Crippen molar-refractivity contribution in [1.29, 1.82) is 0 Å². The number of nitrogens with zero attached hydrogens (tertiary/aromatic N) is 2. The molecule has 246 valence electrons. The quantitative estimate of drug-likeness (QED) is 0.183. The van der Waals surface area contributed by atoms with E-state index in [2.05, 4.69) is 10.3 Å². The second-order valence-corrected chi connectivity index (χ2v) is 11.7. The van der Waals surface area contributed by atoms with Crippen LogP contribution in [0, 0.1) is 6.92 Å². The lowest BCUT2D eigenvalue weighted by molar-refractivity contribution is -0.0979. The zero-order chi connectivity index (χ0) is 33.8. The number of methoxy groups -OCH3 is 2. The summed E-state index contributed by atoms with van der Waals surface area (Å²) in [5.74, 6) is 0.749. The maximum atomic E-state index is 13.4. The number of carbonyl (C=O) groups excluding carboxylic acids is 1. The van der Waals surface area contributed by atoms with E-state index in [-0.39, 0.29) is 12.2 Å². The molecule has 4 atom stereocenters. The van der Waals surface area contributed by atoms with E-state index >= 15 is 0 Å². The Morgan fingerprint density at radius 2 is 1.44 bits per heavy atom. The van der Waals surface area contributed by atoms with E-state index in [4.69, 9.17) is 14.2 Å². The second-order valence-electron chi connectivity index (χ2n) is 11.7. The lowest BCUT2D eigenvalue weighted by Crippen LogP contribution is -2.51. The van der Waals surface area contributed by atoms with Crippen molar-refractivity contribution in [3.05, 3.63) is 154 Å². The van der Waals surface area contributed by atoms with Gasteiger partial charge in [-0.3, -0.25) is 9.36 Å². The Balaban J connectivity index is 1.42. The molecule has 0 aliphatic carbocycles.